The highest BCUT2D eigenvalue weighted by Crippen LogP contribution is 2.47. The Morgan fingerprint density at radius 3 is 2.59 bits per heavy atom. The summed E-state index contributed by atoms with van der Waals surface area (Å²) in [5.41, 5.74) is 2.21. The van der Waals surface area contributed by atoms with Gasteiger partial charge in [-0.05, 0) is 36.1 Å². The van der Waals surface area contributed by atoms with E-state index in [9.17, 15) is 13.2 Å². The number of hydrogen-bond donors (Lipinski definition) is 0. The zero-order valence-electron chi connectivity index (χ0n) is 14.8. The van der Waals surface area contributed by atoms with Crippen molar-refractivity contribution in [1.82, 2.24) is 10.1 Å². The van der Waals surface area contributed by atoms with Crippen LogP contribution < -0.4 is 0 Å². The lowest BCUT2D eigenvalue weighted by Crippen LogP contribution is -2.07. The molecule has 0 spiro atoms. The van der Waals surface area contributed by atoms with E-state index in [1.807, 2.05) is 18.2 Å². The molecule has 4 aromatic rings. The summed E-state index contributed by atoms with van der Waals surface area (Å²) in [6.45, 7) is 0. The molecule has 3 nitrogen and oxygen atoms in total. The van der Waals surface area contributed by atoms with Gasteiger partial charge in [0.15, 0.2) is 5.01 Å². The summed E-state index contributed by atoms with van der Waals surface area (Å²) in [5.74, 6) is -0.325. The molecule has 1 aliphatic rings. The highest BCUT2D eigenvalue weighted by Gasteiger charge is 2.42. The van der Waals surface area contributed by atoms with Crippen molar-refractivity contribution in [3.63, 3.8) is 0 Å². The van der Waals surface area contributed by atoms with E-state index >= 15 is 0 Å². The van der Waals surface area contributed by atoms with Gasteiger partial charge in [-0.2, -0.15) is 13.2 Å². The minimum atomic E-state index is -4.62. The summed E-state index contributed by atoms with van der Waals surface area (Å²) >= 11 is 4.68. The molecular formula is C21H12BrF3N2OS. The minimum absolute atomic E-state index is 0.202. The van der Waals surface area contributed by atoms with E-state index in [0.29, 0.717) is 12.0 Å². The van der Waals surface area contributed by atoms with Crippen molar-refractivity contribution in [2.24, 2.45) is 0 Å². The molecule has 0 atom stereocenters. The molecule has 1 aliphatic carbocycles. The molecule has 0 N–H and O–H groups in total. The average molecular weight is 477 g/mol. The quantitative estimate of drug-likeness (QED) is 0.312. The molecule has 0 saturated heterocycles. The largest absolute Gasteiger partial charge is 0.422 e. The van der Waals surface area contributed by atoms with Crippen LogP contribution in [-0.4, -0.2) is 10.1 Å². The van der Waals surface area contributed by atoms with E-state index in [1.165, 1.54) is 11.3 Å². The van der Waals surface area contributed by atoms with Crippen LogP contribution >= 0.6 is 27.3 Å². The number of hydrogen-bond acceptors (Lipinski definition) is 4. The van der Waals surface area contributed by atoms with Crippen LogP contribution in [0.2, 0.25) is 0 Å². The van der Waals surface area contributed by atoms with Crippen molar-refractivity contribution in [2.45, 2.75) is 19.0 Å². The molecule has 2 aromatic heterocycles. The molecule has 0 saturated carbocycles. The molecule has 0 aliphatic heterocycles. The van der Waals surface area contributed by atoms with Crippen LogP contribution in [0.4, 0.5) is 13.2 Å². The summed E-state index contributed by atoms with van der Waals surface area (Å²) in [5, 5.41) is 3.96. The molecule has 146 valence electrons. The van der Waals surface area contributed by atoms with Crippen molar-refractivity contribution < 1.29 is 17.7 Å². The van der Waals surface area contributed by atoms with Gasteiger partial charge >= 0.3 is 6.18 Å². The van der Waals surface area contributed by atoms with Crippen LogP contribution in [0, 0.1) is 0 Å². The third kappa shape index (κ3) is 3.20. The number of halogens is 4. The third-order valence-corrected chi connectivity index (χ3v) is 6.48. The first-order chi connectivity index (χ1) is 13.9. The Labute approximate surface area is 176 Å². The van der Waals surface area contributed by atoms with Crippen LogP contribution in [0.25, 0.3) is 32.5 Å². The predicted octanol–water partition coefficient (Wildman–Crippen LogP) is 7.01. The van der Waals surface area contributed by atoms with Gasteiger partial charge in [0, 0.05) is 10.0 Å². The topological polar surface area (TPSA) is 38.9 Å². The number of nitrogens with zero attached hydrogens (tertiary/aromatic N) is 2. The molecule has 29 heavy (non-hydrogen) atoms. The Bertz CT molecular complexity index is 1210. The Hall–Kier alpha value is -2.45. The van der Waals surface area contributed by atoms with E-state index in [-0.39, 0.29) is 16.5 Å². The molecule has 8 heteroatoms. The molecule has 2 heterocycles. The zero-order chi connectivity index (χ0) is 20.2. The predicted molar refractivity (Wildman–Crippen MR) is 109 cm³/mol. The number of alkyl halides is 3. The van der Waals surface area contributed by atoms with Crippen molar-refractivity contribution >= 4 is 27.3 Å². The summed E-state index contributed by atoms with van der Waals surface area (Å²) in [6, 6.07) is 14.2. The highest BCUT2D eigenvalue weighted by atomic mass is 79.9. The highest BCUT2D eigenvalue weighted by molar-refractivity contribution is 9.10. The van der Waals surface area contributed by atoms with Gasteiger partial charge in [0.05, 0.1) is 10.6 Å². The van der Waals surface area contributed by atoms with E-state index < -0.39 is 11.7 Å². The number of aryl methyl sites for hydroxylation is 2. The maximum atomic E-state index is 14.0. The van der Waals surface area contributed by atoms with E-state index in [1.54, 1.807) is 30.3 Å². The van der Waals surface area contributed by atoms with Gasteiger partial charge in [-0.3, -0.25) is 0 Å². The Kier molecular flexibility index (Phi) is 4.36. The van der Waals surface area contributed by atoms with E-state index in [4.69, 9.17) is 4.52 Å². The first kappa shape index (κ1) is 18.6. The summed E-state index contributed by atoms with van der Waals surface area (Å²) in [4.78, 5) is 5.39. The second-order valence-electron chi connectivity index (χ2n) is 6.70. The third-order valence-electron chi connectivity index (χ3n) is 4.86. The fourth-order valence-corrected chi connectivity index (χ4v) is 5.13. The Morgan fingerprint density at radius 1 is 1.03 bits per heavy atom. The van der Waals surface area contributed by atoms with Crippen LogP contribution in [0.15, 0.2) is 57.5 Å². The lowest BCUT2D eigenvalue weighted by molar-refractivity contribution is -0.136. The first-order valence-electron chi connectivity index (χ1n) is 8.83. The van der Waals surface area contributed by atoms with Gasteiger partial charge in [0.1, 0.15) is 11.3 Å². The van der Waals surface area contributed by atoms with Gasteiger partial charge in [0.25, 0.3) is 0 Å². The standard InChI is InChI=1S/C21H12BrF3N2OS/c22-13-7-8-14-12(10-13)6-9-15-19(14)29-20(26-15)18-16(21(23,24)25)17(27-28-18)11-4-2-1-3-5-11/h1-5,7-8,10H,6,9H2. The Balaban J connectivity index is 1.67. The second-order valence-corrected chi connectivity index (χ2v) is 8.61. The lowest BCUT2D eigenvalue weighted by atomic mass is 9.94. The molecule has 0 unspecified atom stereocenters. The minimum Gasteiger partial charge on any atom is -0.352 e. The summed E-state index contributed by atoms with van der Waals surface area (Å²) < 4.78 is 48.1. The van der Waals surface area contributed by atoms with Crippen LogP contribution in [0.3, 0.4) is 0 Å². The van der Waals surface area contributed by atoms with Gasteiger partial charge in [0.2, 0.25) is 5.76 Å². The number of aromatic nitrogens is 2. The first-order valence-corrected chi connectivity index (χ1v) is 10.4. The molecular weight excluding hydrogens is 465 g/mol. The molecule has 0 fully saturated rings. The molecule has 0 radical (unpaired) electrons. The lowest BCUT2D eigenvalue weighted by Gasteiger charge is -2.14. The fourth-order valence-electron chi connectivity index (χ4n) is 3.56. The van der Waals surface area contributed by atoms with Crippen molar-refractivity contribution in [3.05, 3.63) is 69.8 Å². The van der Waals surface area contributed by atoms with E-state index in [0.717, 1.165) is 32.6 Å². The SMILES string of the molecule is FC(F)(F)c1c(-c2ccccc2)noc1-c1nc2c(s1)-c1ccc(Br)cc1CC2. The smallest absolute Gasteiger partial charge is 0.352 e. The van der Waals surface area contributed by atoms with Crippen LogP contribution in [-0.2, 0) is 19.0 Å². The van der Waals surface area contributed by atoms with Crippen molar-refractivity contribution in [1.29, 1.82) is 0 Å². The maximum Gasteiger partial charge on any atom is 0.422 e. The fraction of sp³-hybridized carbons (Fsp3) is 0.143. The van der Waals surface area contributed by atoms with E-state index in [2.05, 4.69) is 26.1 Å². The van der Waals surface area contributed by atoms with Crippen molar-refractivity contribution in [2.75, 3.05) is 0 Å². The molecule has 0 bridgehead atoms. The number of benzene rings is 2. The number of thiazole rings is 1. The number of rotatable bonds is 2. The molecule has 2 aromatic carbocycles. The van der Waals surface area contributed by atoms with Gasteiger partial charge < -0.3 is 4.52 Å². The molecule has 0 amide bonds. The van der Waals surface area contributed by atoms with Crippen LogP contribution in [0.1, 0.15) is 16.8 Å². The average Bonchev–Trinajstić information content (AvgIpc) is 3.32. The van der Waals surface area contributed by atoms with Gasteiger partial charge in [-0.15, -0.1) is 11.3 Å². The normalized spacial score (nSPS) is 13.2. The zero-order valence-corrected chi connectivity index (χ0v) is 17.2. The van der Waals surface area contributed by atoms with Crippen LogP contribution in [0.5, 0.6) is 0 Å². The monoisotopic (exact) mass is 476 g/mol. The number of fused-ring (bicyclic) bond motifs is 3. The van der Waals surface area contributed by atoms with Gasteiger partial charge in [-0.25, -0.2) is 4.98 Å². The molecule has 5 rings (SSSR count). The Morgan fingerprint density at radius 2 is 1.83 bits per heavy atom. The summed E-state index contributed by atoms with van der Waals surface area (Å²) in [6.07, 6.45) is -3.14. The maximum absolute atomic E-state index is 14.0. The summed E-state index contributed by atoms with van der Waals surface area (Å²) in [7, 11) is 0. The van der Waals surface area contributed by atoms with Crippen molar-refractivity contribution in [3.8, 4) is 32.5 Å². The second kappa shape index (κ2) is 6.81. The van der Waals surface area contributed by atoms with Gasteiger partial charge in [-0.1, -0.05) is 57.5 Å².